The molecule has 1 aliphatic carbocycles. The van der Waals surface area contributed by atoms with Crippen molar-refractivity contribution in [2.45, 2.75) is 12.8 Å². The lowest BCUT2D eigenvalue weighted by atomic mass is 9.92. The fourth-order valence-electron chi connectivity index (χ4n) is 6.93. The first kappa shape index (κ1) is 26.5. The van der Waals surface area contributed by atoms with E-state index < -0.39 is 0 Å². The maximum absolute atomic E-state index is 6.52. The molecule has 0 N–H and O–H groups in total. The lowest BCUT2D eigenvalue weighted by Crippen LogP contribution is -2.18. The summed E-state index contributed by atoms with van der Waals surface area (Å²) in [6, 6.07) is 49.6. The van der Waals surface area contributed by atoms with E-state index in [9.17, 15) is 0 Å². The van der Waals surface area contributed by atoms with Gasteiger partial charge in [0, 0.05) is 45.5 Å². The Balaban J connectivity index is 1.22. The average Bonchev–Trinajstić information content (AvgIpc) is 3.47. The number of hydrogen-bond donors (Lipinski definition) is 0. The summed E-state index contributed by atoms with van der Waals surface area (Å²) >= 11 is 0. The van der Waals surface area contributed by atoms with Crippen LogP contribution >= 0.6 is 0 Å². The normalized spacial score (nSPS) is 13.3. The molecule has 0 atom stereocenters. The van der Waals surface area contributed by atoms with Crippen LogP contribution in [0.15, 0.2) is 168 Å². The van der Waals surface area contributed by atoms with Crippen LogP contribution in [0.25, 0.3) is 60.3 Å². The molecule has 0 radical (unpaired) electrons. The van der Waals surface area contributed by atoms with Crippen LogP contribution in [-0.2, 0) is 0 Å². The third-order valence-corrected chi connectivity index (χ3v) is 9.12. The third-order valence-electron chi connectivity index (χ3n) is 9.12. The van der Waals surface area contributed by atoms with Gasteiger partial charge in [0.15, 0.2) is 0 Å². The second-order valence-electron chi connectivity index (χ2n) is 11.9. The van der Waals surface area contributed by atoms with Gasteiger partial charge in [0.05, 0.1) is 5.52 Å². The Morgan fingerprint density at radius 1 is 0.565 bits per heavy atom. The van der Waals surface area contributed by atoms with Crippen LogP contribution in [0.2, 0.25) is 0 Å². The first-order valence-electron chi connectivity index (χ1n) is 15.8. The molecule has 0 unspecified atom stereocenters. The molecular formula is C43H30N2O. The SMILES string of the molecule is C1=C(c2cccc3ccccc23)C=C(N(c2cccc(-c3ccccc3)c2)c2ccc3c(c2)oc2cc4cccnc4cc23)CC1. The Morgan fingerprint density at radius 2 is 1.35 bits per heavy atom. The number of benzene rings is 6. The van der Waals surface area contributed by atoms with Gasteiger partial charge in [-0.1, -0.05) is 97.1 Å². The van der Waals surface area contributed by atoms with E-state index in [0.29, 0.717) is 0 Å². The molecule has 0 fully saturated rings. The molecule has 0 saturated carbocycles. The highest BCUT2D eigenvalue weighted by molar-refractivity contribution is 6.10. The molecule has 9 rings (SSSR count). The van der Waals surface area contributed by atoms with Crippen LogP contribution < -0.4 is 4.90 Å². The molecule has 6 aromatic carbocycles. The van der Waals surface area contributed by atoms with Crippen molar-refractivity contribution >= 4 is 60.6 Å². The lowest BCUT2D eigenvalue weighted by Gasteiger charge is -2.30. The summed E-state index contributed by atoms with van der Waals surface area (Å²) < 4.78 is 6.52. The van der Waals surface area contributed by atoms with Crippen LogP contribution in [0, 0.1) is 0 Å². The van der Waals surface area contributed by atoms with E-state index >= 15 is 0 Å². The van der Waals surface area contributed by atoms with Gasteiger partial charge < -0.3 is 9.32 Å². The van der Waals surface area contributed by atoms with Crippen molar-refractivity contribution in [3.8, 4) is 11.1 Å². The molecule has 46 heavy (non-hydrogen) atoms. The number of hydrogen-bond acceptors (Lipinski definition) is 3. The second kappa shape index (κ2) is 10.9. The Bertz CT molecular complexity index is 2480. The van der Waals surface area contributed by atoms with E-state index in [4.69, 9.17) is 4.42 Å². The van der Waals surface area contributed by atoms with Crippen LogP contribution in [0.1, 0.15) is 18.4 Å². The van der Waals surface area contributed by atoms with Gasteiger partial charge in [0.25, 0.3) is 0 Å². The highest BCUT2D eigenvalue weighted by Gasteiger charge is 2.21. The largest absolute Gasteiger partial charge is 0.456 e. The number of allylic oxidation sites excluding steroid dienone is 4. The van der Waals surface area contributed by atoms with Gasteiger partial charge in [-0.2, -0.15) is 0 Å². The molecule has 0 aliphatic heterocycles. The van der Waals surface area contributed by atoms with Gasteiger partial charge in [0.2, 0.25) is 0 Å². The summed E-state index contributed by atoms with van der Waals surface area (Å²) in [5, 5.41) is 5.79. The van der Waals surface area contributed by atoms with E-state index in [-0.39, 0.29) is 0 Å². The predicted octanol–water partition coefficient (Wildman–Crippen LogP) is 11.9. The lowest BCUT2D eigenvalue weighted by molar-refractivity contribution is 0.669. The monoisotopic (exact) mass is 590 g/mol. The number of furan rings is 1. The van der Waals surface area contributed by atoms with E-state index in [1.165, 1.54) is 38.7 Å². The average molecular weight is 591 g/mol. The highest BCUT2D eigenvalue weighted by atomic mass is 16.3. The predicted molar refractivity (Wildman–Crippen MR) is 192 cm³/mol. The summed E-state index contributed by atoms with van der Waals surface area (Å²) in [6.45, 7) is 0. The minimum atomic E-state index is 0.869. The molecule has 1 aliphatic rings. The standard InChI is InChI=1S/C43H30N2O/c1-2-10-29(11-3-1)31-14-6-17-34(24-31)45(35-18-7-15-32(25-35)38-20-8-13-30-12-4-5-19-37(30)38)36-21-22-39-40-28-41-33(16-9-23-44-41)26-42(40)46-43(39)27-36/h1-6,8-17,19-28H,7,18H2. The molecule has 0 amide bonds. The van der Waals surface area contributed by atoms with Crippen LogP contribution in [0.5, 0.6) is 0 Å². The minimum Gasteiger partial charge on any atom is -0.456 e. The first-order chi connectivity index (χ1) is 22.8. The quantitative estimate of drug-likeness (QED) is 0.200. The molecule has 0 bridgehead atoms. The van der Waals surface area contributed by atoms with E-state index in [1.54, 1.807) is 0 Å². The van der Waals surface area contributed by atoms with Crippen molar-refractivity contribution in [1.82, 2.24) is 4.98 Å². The van der Waals surface area contributed by atoms with Crippen LogP contribution in [0.3, 0.4) is 0 Å². The van der Waals surface area contributed by atoms with E-state index in [2.05, 4.69) is 155 Å². The molecule has 3 nitrogen and oxygen atoms in total. The highest BCUT2D eigenvalue weighted by Crippen LogP contribution is 2.41. The van der Waals surface area contributed by atoms with E-state index in [1.807, 2.05) is 12.3 Å². The Morgan fingerprint density at radius 3 is 2.30 bits per heavy atom. The van der Waals surface area contributed by atoms with Gasteiger partial charge in [0.1, 0.15) is 11.2 Å². The van der Waals surface area contributed by atoms with Crippen molar-refractivity contribution in [3.05, 3.63) is 169 Å². The van der Waals surface area contributed by atoms with Crippen LogP contribution in [-0.4, -0.2) is 4.98 Å². The minimum absolute atomic E-state index is 0.869. The van der Waals surface area contributed by atoms with Crippen molar-refractivity contribution in [1.29, 1.82) is 0 Å². The van der Waals surface area contributed by atoms with Crippen molar-refractivity contribution in [2.75, 3.05) is 4.90 Å². The first-order valence-corrected chi connectivity index (χ1v) is 15.8. The fraction of sp³-hybridized carbons (Fsp3) is 0.0465. The van der Waals surface area contributed by atoms with Gasteiger partial charge in [-0.05, 0) is 94.4 Å². The Kier molecular flexibility index (Phi) is 6.27. The topological polar surface area (TPSA) is 29.3 Å². The van der Waals surface area contributed by atoms with Crippen molar-refractivity contribution < 1.29 is 4.42 Å². The summed E-state index contributed by atoms with van der Waals surface area (Å²) in [6.07, 6.45) is 8.49. The number of fused-ring (bicyclic) bond motifs is 5. The number of aromatic nitrogens is 1. The summed E-state index contributed by atoms with van der Waals surface area (Å²) in [7, 11) is 0. The number of pyridine rings is 1. The van der Waals surface area contributed by atoms with Gasteiger partial charge >= 0.3 is 0 Å². The van der Waals surface area contributed by atoms with E-state index in [0.717, 1.165) is 57.1 Å². The zero-order valence-electron chi connectivity index (χ0n) is 25.2. The maximum Gasteiger partial charge on any atom is 0.137 e. The fourth-order valence-corrected chi connectivity index (χ4v) is 6.93. The molecule has 2 aromatic heterocycles. The van der Waals surface area contributed by atoms with Gasteiger partial charge in [-0.25, -0.2) is 0 Å². The molecule has 8 aromatic rings. The summed E-state index contributed by atoms with van der Waals surface area (Å²) in [5.41, 5.74) is 11.1. The Labute approximate surface area is 267 Å². The van der Waals surface area contributed by atoms with Crippen LogP contribution in [0.4, 0.5) is 11.4 Å². The molecule has 3 heteroatoms. The summed E-state index contributed by atoms with van der Waals surface area (Å²) in [5.74, 6) is 0. The molecule has 218 valence electrons. The zero-order chi connectivity index (χ0) is 30.5. The maximum atomic E-state index is 6.52. The molecule has 0 spiro atoms. The van der Waals surface area contributed by atoms with Gasteiger partial charge in [-0.3, -0.25) is 4.98 Å². The van der Waals surface area contributed by atoms with Crippen molar-refractivity contribution in [3.63, 3.8) is 0 Å². The van der Waals surface area contributed by atoms with Crippen molar-refractivity contribution in [2.24, 2.45) is 0 Å². The summed E-state index contributed by atoms with van der Waals surface area (Å²) in [4.78, 5) is 7.00. The Hall–Kier alpha value is -5.93. The molecule has 0 saturated heterocycles. The zero-order valence-corrected chi connectivity index (χ0v) is 25.2. The smallest absolute Gasteiger partial charge is 0.137 e. The molecule has 2 heterocycles. The number of rotatable bonds is 5. The third kappa shape index (κ3) is 4.56. The second-order valence-corrected chi connectivity index (χ2v) is 11.9. The number of nitrogens with zero attached hydrogens (tertiary/aromatic N) is 2. The number of anilines is 2. The van der Waals surface area contributed by atoms with Gasteiger partial charge in [-0.15, -0.1) is 0 Å². The molecular weight excluding hydrogens is 560 g/mol.